The van der Waals surface area contributed by atoms with Gasteiger partial charge in [-0.15, -0.1) is 0 Å². The number of hydrogen-bond acceptors (Lipinski definition) is 6. The predicted molar refractivity (Wildman–Crippen MR) is 198 cm³/mol. The average molecular weight is 798 g/mol. The molecule has 1 atom stereocenters. The Labute approximate surface area is 324 Å². The second kappa shape index (κ2) is 18.0. The summed E-state index contributed by atoms with van der Waals surface area (Å²) < 4.78 is 83.4. The smallest absolute Gasteiger partial charge is 0.416 e. The van der Waals surface area contributed by atoms with Crippen molar-refractivity contribution in [2.24, 2.45) is 5.92 Å². The maximum Gasteiger partial charge on any atom is 0.416 e. The first-order chi connectivity index (χ1) is 26.4. The fraction of sp³-hybridized carbons (Fsp3) is 0.625. The van der Waals surface area contributed by atoms with Gasteiger partial charge in [-0.2, -0.15) is 26.3 Å². The van der Waals surface area contributed by atoms with Gasteiger partial charge in [0.25, 0.3) is 0 Å². The highest BCUT2D eigenvalue weighted by atomic mass is 19.4. The second-order valence-corrected chi connectivity index (χ2v) is 15.4. The first-order valence-corrected chi connectivity index (χ1v) is 19.4. The topological polar surface area (TPSA) is 106 Å². The van der Waals surface area contributed by atoms with Crippen molar-refractivity contribution >= 4 is 23.7 Å². The summed E-state index contributed by atoms with van der Waals surface area (Å²) in [6, 6.07) is 9.85. The third kappa shape index (κ3) is 10.9. The number of amides is 4. The summed E-state index contributed by atoms with van der Waals surface area (Å²) in [5.74, 6) is -1.00. The second-order valence-electron chi connectivity index (χ2n) is 15.4. The van der Waals surface area contributed by atoms with E-state index < -0.39 is 35.0 Å². The molecule has 0 bridgehead atoms. The van der Waals surface area contributed by atoms with Crippen molar-refractivity contribution in [2.75, 3.05) is 58.2 Å². The van der Waals surface area contributed by atoms with Crippen molar-refractivity contribution in [3.63, 3.8) is 0 Å². The van der Waals surface area contributed by atoms with Gasteiger partial charge in [0.05, 0.1) is 23.8 Å². The number of rotatable bonds is 6. The molecule has 0 saturated carbocycles. The van der Waals surface area contributed by atoms with Gasteiger partial charge in [-0.1, -0.05) is 32.0 Å². The van der Waals surface area contributed by atoms with Gasteiger partial charge >= 0.3 is 24.5 Å². The minimum absolute atomic E-state index is 0.0403. The third-order valence-corrected chi connectivity index (χ3v) is 11.8. The number of aliphatic hydroxyl groups is 1. The third-order valence-electron chi connectivity index (χ3n) is 11.8. The Morgan fingerprint density at radius 2 is 1.41 bits per heavy atom. The Bertz CT molecular complexity index is 1630. The number of hydrogen-bond donors (Lipinski definition) is 2. The number of ether oxygens (including phenoxy) is 1. The molecule has 0 aromatic heterocycles. The highest BCUT2D eigenvalue weighted by Gasteiger charge is 2.39. The van der Waals surface area contributed by atoms with Crippen molar-refractivity contribution in [1.82, 2.24) is 19.6 Å². The predicted octanol–water partition coefficient (Wildman–Crippen LogP) is 7.44. The van der Waals surface area contributed by atoms with Crippen molar-refractivity contribution < 1.29 is 50.6 Å². The molecule has 310 valence electrons. The molecule has 3 fully saturated rings. The summed E-state index contributed by atoms with van der Waals surface area (Å²) in [7, 11) is 1.40. The lowest BCUT2D eigenvalue weighted by molar-refractivity contribution is -0.143. The Morgan fingerprint density at radius 3 is 1.96 bits per heavy atom. The highest BCUT2D eigenvalue weighted by molar-refractivity contribution is 5.91. The van der Waals surface area contributed by atoms with Gasteiger partial charge in [-0.3, -0.25) is 4.79 Å². The largest absolute Gasteiger partial charge is 0.453 e. The standard InChI is InChI=1S/C24H32F6N2O2.C16H21N3O3/c1-3-22(34)6-10-31(11-7-22)20-4-8-32(9-5-20)21(33)16(2)12-17-13-18(23(25,26)27)15-19(14-17)24(28,29)30;1-22-16(21)18-9-7-13(8-10-18)19-11-6-12-4-2-3-5-14(12)17-15(19)20/h13-16,20,34H,3-12H2,1-2H3;2-5,13H,6-11H2,1H3,(H,17,20)/t16-;/m1./s1. The van der Waals surface area contributed by atoms with Crippen LogP contribution in [0.4, 0.5) is 41.6 Å². The summed E-state index contributed by atoms with van der Waals surface area (Å²) in [5.41, 5.74) is -1.41. The van der Waals surface area contributed by atoms with Gasteiger partial charge in [-0.25, -0.2) is 9.59 Å². The van der Waals surface area contributed by atoms with E-state index in [0.29, 0.717) is 50.9 Å². The van der Waals surface area contributed by atoms with Gasteiger partial charge in [0, 0.05) is 69.5 Å². The number of carbonyl (C=O) groups excluding carboxylic acids is 3. The molecular formula is C40H53F6N5O5. The van der Waals surface area contributed by atoms with Crippen LogP contribution in [0.25, 0.3) is 0 Å². The molecule has 4 amide bonds. The van der Waals surface area contributed by atoms with Crippen molar-refractivity contribution in [2.45, 2.75) is 102 Å². The Hall–Kier alpha value is -4.05. The zero-order valence-corrected chi connectivity index (χ0v) is 32.2. The number of carbonyl (C=O) groups is 3. The van der Waals surface area contributed by atoms with Crippen molar-refractivity contribution in [1.29, 1.82) is 0 Å². The summed E-state index contributed by atoms with van der Waals surface area (Å²) in [5, 5.41) is 13.4. The van der Waals surface area contributed by atoms with Crippen LogP contribution < -0.4 is 5.32 Å². The Morgan fingerprint density at radius 1 is 0.857 bits per heavy atom. The molecule has 0 spiro atoms. The van der Waals surface area contributed by atoms with Gasteiger partial charge in [0.15, 0.2) is 0 Å². The molecule has 4 heterocycles. The fourth-order valence-electron chi connectivity index (χ4n) is 8.23. The number of nitrogens with zero attached hydrogens (tertiary/aromatic N) is 4. The fourth-order valence-corrected chi connectivity index (χ4v) is 8.23. The zero-order valence-electron chi connectivity index (χ0n) is 32.2. The van der Waals surface area contributed by atoms with Crippen LogP contribution in [0.3, 0.4) is 0 Å². The minimum Gasteiger partial charge on any atom is -0.453 e. The summed E-state index contributed by atoms with van der Waals surface area (Å²) in [6.45, 7) is 8.10. The number of fused-ring (bicyclic) bond motifs is 1. The van der Waals surface area contributed by atoms with E-state index in [-0.39, 0.29) is 42.1 Å². The molecule has 6 rings (SSSR count). The lowest BCUT2D eigenvalue weighted by Crippen LogP contribution is -2.52. The number of piperidine rings is 3. The van der Waals surface area contributed by atoms with E-state index in [1.807, 2.05) is 30.0 Å². The quantitative estimate of drug-likeness (QED) is 0.295. The van der Waals surface area contributed by atoms with E-state index >= 15 is 0 Å². The number of methoxy groups -OCH3 is 1. The summed E-state index contributed by atoms with van der Waals surface area (Å²) in [6.07, 6.45) is -4.20. The molecule has 4 aliphatic rings. The van der Waals surface area contributed by atoms with Crippen LogP contribution in [0.2, 0.25) is 0 Å². The lowest BCUT2D eigenvalue weighted by Gasteiger charge is -2.44. The van der Waals surface area contributed by atoms with Crippen LogP contribution in [0.1, 0.15) is 81.0 Å². The molecule has 16 heteroatoms. The number of para-hydroxylation sites is 1. The van der Waals surface area contributed by atoms with E-state index in [1.165, 1.54) is 19.6 Å². The zero-order chi connectivity index (χ0) is 40.8. The first-order valence-electron chi connectivity index (χ1n) is 19.4. The average Bonchev–Trinajstić information content (AvgIpc) is 3.35. The summed E-state index contributed by atoms with van der Waals surface area (Å²) >= 11 is 0. The molecule has 2 aromatic carbocycles. The number of urea groups is 1. The maximum absolute atomic E-state index is 13.1. The van der Waals surface area contributed by atoms with Crippen LogP contribution >= 0.6 is 0 Å². The van der Waals surface area contributed by atoms with E-state index in [0.717, 1.165) is 70.1 Å². The molecule has 2 aromatic rings. The van der Waals surface area contributed by atoms with Crippen LogP contribution in [-0.4, -0.2) is 113 Å². The minimum atomic E-state index is -4.91. The number of nitrogens with one attached hydrogen (secondary N) is 1. The van der Waals surface area contributed by atoms with Crippen LogP contribution in [0, 0.1) is 5.92 Å². The van der Waals surface area contributed by atoms with Crippen molar-refractivity contribution in [3.8, 4) is 0 Å². The molecule has 3 saturated heterocycles. The van der Waals surface area contributed by atoms with E-state index in [1.54, 1.807) is 9.80 Å². The molecule has 4 aliphatic heterocycles. The number of alkyl halides is 6. The molecule has 10 nitrogen and oxygen atoms in total. The van der Waals surface area contributed by atoms with Crippen LogP contribution in [0.5, 0.6) is 0 Å². The van der Waals surface area contributed by atoms with Crippen molar-refractivity contribution in [3.05, 3.63) is 64.7 Å². The molecule has 0 radical (unpaired) electrons. The number of anilines is 1. The van der Waals surface area contributed by atoms with E-state index in [4.69, 9.17) is 4.74 Å². The highest BCUT2D eigenvalue weighted by Crippen LogP contribution is 2.37. The van der Waals surface area contributed by atoms with Gasteiger partial charge in [-0.05, 0) is 93.2 Å². The monoisotopic (exact) mass is 797 g/mol. The first kappa shape index (κ1) is 43.1. The number of likely N-dealkylation sites (tertiary alicyclic amines) is 3. The van der Waals surface area contributed by atoms with Gasteiger partial charge < -0.3 is 34.8 Å². The SMILES string of the molecule is CCC1(O)CCN(C2CCN(C(=O)[C@H](C)Cc3cc(C(F)(F)F)cc(C(F)(F)F)c3)CC2)CC1.COC(=O)N1CCC(N2CCc3ccccc3NC2=O)CC1. The molecule has 0 aliphatic carbocycles. The van der Waals surface area contributed by atoms with E-state index in [2.05, 4.69) is 16.3 Å². The molecule has 56 heavy (non-hydrogen) atoms. The van der Waals surface area contributed by atoms with Gasteiger partial charge in [0.2, 0.25) is 5.91 Å². The summed E-state index contributed by atoms with van der Waals surface area (Å²) in [4.78, 5) is 44.5. The maximum atomic E-state index is 13.1. The lowest BCUT2D eigenvalue weighted by atomic mass is 9.87. The molecular weight excluding hydrogens is 744 g/mol. The Balaban J connectivity index is 0.000000234. The van der Waals surface area contributed by atoms with E-state index in [9.17, 15) is 45.8 Å². The normalized spacial score (nSPS) is 20.6. The van der Waals surface area contributed by atoms with Crippen LogP contribution in [-0.2, 0) is 34.7 Å². The molecule has 0 unspecified atom stereocenters. The van der Waals surface area contributed by atoms with Gasteiger partial charge in [0.1, 0.15) is 0 Å². The molecule has 2 N–H and O–H groups in total. The number of halogens is 6. The number of benzene rings is 2. The van der Waals surface area contributed by atoms with Crippen LogP contribution in [0.15, 0.2) is 42.5 Å². The Kier molecular flexibility index (Phi) is 13.9.